The minimum atomic E-state index is -0.899. The monoisotopic (exact) mass is 478 g/mol. The Morgan fingerprint density at radius 1 is 1.06 bits per heavy atom. The normalized spacial score (nSPS) is 23.3. The minimum absolute atomic E-state index is 0.0440. The van der Waals surface area contributed by atoms with Gasteiger partial charge in [0.05, 0.1) is 12.5 Å². The lowest BCUT2D eigenvalue weighted by Crippen LogP contribution is -2.60. The first-order chi connectivity index (χ1) is 17.0. The van der Waals surface area contributed by atoms with Gasteiger partial charge in [0.15, 0.2) is 6.10 Å². The number of piperidine rings is 2. The van der Waals surface area contributed by atoms with Crippen molar-refractivity contribution in [1.82, 2.24) is 10.2 Å². The average Bonchev–Trinajstić information content (AvgIpc) is 3.21. The summed E-state index contributed by atoms with van der Waals surface area (Å²) in [6, 6.07) is 15.9. The lowest BCUT2D eigenvalue weighted by atomic mass is 9.72. The third kappa shape index (κ3) is 4.38. The van der Waals surface area contributed by atoms with Gasteiger partial charge >= 0.3 is 12.1 Å². The van der Waals surface area contributed by atoms with Crippen molar-refractivity contribution >= 4 is 18.0 Å². The number of aliphatic carboxylic acids is 1. The zero-order chi connectivity index (χ0) is 24.5. The van der Waals surface area contributed by atoms with E-state index in [1.54, 1.807) is 4.90 Å². The molecular weight excluding hydrogens is 448 g/mol. The van der Waals surface area contributed by atoms with Crippen molar-refractivity contribution in [1.29, 1.82) is 0 Å². The molecule has 2 bridgehead atoms. The van der Waals surface area contributed by atoms with Gasteiger partial charge in [-0.15, -0.1) is 0 Å². The Morgan fingerprint density at radius 2 is 1.71 bits per heavy atom. The number of amides is 2. The number of methoxy groups -OCH3 is 1. The van der Waals surface area contributed by atoms with Crippen LogP contribution in [0.1, 0.15) is 36.3 Å². The zero-order valence-corrected chi connectivity index (χ0v) is 19.7. The predicted octanol–water partition coefficient (Wildman–Crippen LogP) is 3.25. The van der Waals surface area contributed by atoms with E-state index in [4.69, 9.17) is 9.47 Å². The van der Waals surface area contributed by atoms with Gasteiger partial charge in [0.1, 0.15) is 6.61 Å². The molecule has 1 saturated carbocycles. The van der Waals surface area contributed by atoms with E-state index in [0.29, 0.717) is 19.4 Å². The molecular formula is C27H30N2O6. The summed E-state index contributed by atoms with van der Waals surface area (Å²) in [7, 11) is 1.42. The Kier molecular flexibility index (Phi) is 6.47. The van der Waals surface area contributed by atoms with Gasteiger partial charge in [-0.3, -0.25) is 9.59 Å². The SMILES string of the molecule is COC(CNC(=O)OCC1c2ccccc2-c2ccccc21)C(=O)N1CC2CCC1C(C(=O)O)C2. The van der Waals surface area contributed by atoms with E-state index < -0.39 is 24.1 Å². The zero-order valence-electron chi connectivity index (χ0n) is 19.7. The number of carboxylic acids is 1. The van der Waals surface area contributed by atoms with Crippen molar-refractivity contribution in [3.05, 3.63) is 59.7 Å². The topological polar surface area (TPSA) is 105 Å². The van der Waals surface area contributed by atoms with Crippen LogP contribution in [0.4, 0.5) is 4.79 Å². The van der Waals surface area contributed by atoms with Gasteiger partial charge < -0.3 is 24.8 Å². The van der Waals surface area contributed by atoms with Crippen molar-refractivity contribution in [2.45, 2.75) is 37.3 Å². The Labute approximate surface area is 204 Å². The molecule has 2 aliphatic carbocycles. The van der Waals surface area contributed by atoms with Crippen LogP contribution in [-0.2, 0) is 19.1 Å². The van der Waals surface area contributed by atoms with Gasteiger partial charge in [-0.1, -0.05) is 48.5 Å². The lowest BCUT2D eigenvalue weighted by Gasteiger charge is -2.49. The maximum absolute atomic E-state index is 13.2. The van der Waals surface area contributed by atoms with E-state index in [1.807, 2.05) is 24.3 Å². The van der Waals surface area contributed by atoms with Gasteiger partial charge in [0.25, 0.3) is 5.91 Å². The maximum atomic E-state index is 13.2. The molecule has 2 amide bonds. The Balaban J connectivity index is 1.18. The van der Waals surface area contributed by atoms with Gasteiger partial charge in [-0.2, -0.15) is 0 Å². The highest BCUT2D eigenvalue weighted by molar-refractivity contribution is 5.84. The molecule has 8 heteroatoms. The number of hydrogen-bond acceptors (Lipinski definition) is 5. The molecule has 0 radical (unpaired) electrons. The van der Waals surface area contributed by atoms with E-state index in [0.717, 1.165) is 28.7 Å². The smallest absolute Gasteiger partial charge is 0.407 e. The summed E-state index contributed by atoms with van der Waals surface area (Å²) in [5.41, 5.74) is 4.55. The summed E-state index contributed by atoms with van der Waals surface area (Å²) in [4.78, 5) is 39.0. The quantitative estimate of drug-likeness (QED) is 0.633. The fourth-order valence-electron chi connectivity index (χ4n) is 5.99. The largest absolute Gasteiger partial charge is 0.481 e. The second-order valence-corrected chi connectivity index (χ2v) is 9.61. The summed E-state index contributed by atoms with van der Waals surface area (Å²) in [6.45, 7) is 0.678. The van der Waals surface area contributed by atoms with Crippen molar-refractivity contribution in [2.24, 2.45) is 11.8 Å². The molecule has 3 fully saturated rings. The Hall–Kier alpha value is -3.39. The highest BCUT2D eigenvalue weighted by Gasteiger charge is 2.47. The van der Waals surface area contributed by atoms with Crippen LogP contribution < -0.4 is 5.32 Å². The highest BCUT2D eigenvalue weighted by atomic mass is 16.5. The molecule has 4 unspecified atom stereocenters. The second-order valence-electron chi connectivity index (χ2n) is 9.61. The number of benzene rings is 2. The van der Waals surface area contributed by atoms with Crippen LogP contribution in [0.15, 0.2) is 48.5 Å². The number of nitrogens with one attached hydrogen (secondary N) is 1. The van der Waals surface area contributed by atoms with Crippen LogP contribution in [0.3, 0.4) is 0 Å². The molecule has 35 heavy (non-hydrogen) atoms. The summed E-state index contributed by atoms with van der Waals surface area (Å²) in [5.74, 6) is -1.54. The van der Waals surface area contributed by atoms with Crippen LogP contribution in [0, 0.1) is 11.8 Å². The number of nitrogens with zero attached hydrogens (tertiary/aromatic N) is 1. The Bertz CT molecular complexity index is 1090. The number of carbonyl (C=O) groups is 3. The number of alkyl carbamates (subject to hydrolysis) is 1. The molecule has 4 aliphatic rings. The maximum Gasteiger partial charge on any atom is 0.407 e. The van der Waals surface area contributed by atoms with E-state index in [9.17, 15) is 19.5 Å². The van der Waals surface area contributed by atoms with E-state index in [-0.39, 0.29) is 36.9 Å². The first kappa shape index (κ1) is 23.4. The summed E-state index contributed by atoms with van der Waals surface area (Å²) >= 11 is 0. The molecule has 2 N–H and O–H groups in total. The molecule has 8 nitrogen and oxygen atoms in total. The van der Waals surface area contributed by atoms with E-state index >= 15 is 0 Å². The number of carboxylic acid groups (broad SMARTS) is 1. The third-order valence-corrected chi connectivity index (χ3v) is 7.71. The summed E-state index contributed by atoms with van der Waals surface area (Å²) < 4.78 is 10.9. The van der Waals surface area contributed by atoms with E-state index in [1.165, 1.54) is 7.11 Å². The van der Waals surface area contributed by atoms with Gasteiger partial charge in [0, 0.05) is 25.6 Å². The van der Waals surface area contributed by atoms with Gasteiger partial charge in [0.2, 0.25) is 0 Å². The van der Waals surface area contributed by atoms with Crippen LogP contribution in [-0.4, -0.2) is 66.9 Å². The molecule has 2 aromatic rings. The minimum Gasteiger partial charge on any atom is -0.481 e. The summed E-state index contributed by atoms with van der Waals surface area (Å²) in [6.07, 6.45) is 0.714. The number of fused-ring (bicyclic) bond motifs is 6. The van der Waals surface area contributed by atoms with Crippen LogP contribution in [0.25, 0.3) is 11.1 Å². The second kappa shape index (κ2) is 9.70. The molecule has 184 valence electrons. The van der Waals surface area contributed by atoms with Crippen LogP contribution >= 0.6 is 0 Å². The van der Waals surface area contributed by atoms with Crippen molar-refractivity contribution < 1.29 is 29.0 Å². The molecule has 2 heterocycles. The fraction of sp³-hybridized carbons (Fsp3) is 0.444. The third-order valence-electron chi connectivity index (χ3n) is 7.71. The van der Waals surface area contributed by atoms with Crippen molar-refractivity contribution in [3.63, 3.8) is 0 Å². The van der Waals surface area contributed by atoms with Gasteiger partial charge in [-0.25, -0.2) is 4.79 Å². The number of rotatable bonds is 7. The highest BCUT2D eigenvalue weighted by Crippen LogP contribution is 2.44. The van der Waals surface area contributed by atoms with Crippen molar-refractivity contribution in [2.75, 3.05) is 26.8 Å². The molecule has 4 atom stereocenters. The Morgan fingerprint density at radius 3 is 2.31 bits per heavy atom. The molecule has 2 aliphatic heterocycles. The summed E-state index contributed by atoms with van der Waals surface area (Å²) in [5, 5.41) is 12.2. The molecule has 0 spiro atoms. The number of hydrogen-bond donors (Lipinski definition) is 2. The average molecular weight is 479 g/mol. The molecule has 2 saturated heterocycles. The molecule has 2 aromatic carbocycles. The number of ether oxygens (including phenoxy) is 2. The standard InChI is InChI=1S/C27H30N2O6/c1-34-24(25(30)29-14-16-10-11-23(29)21(12-16)26(31)32)13-28-27(33)35-15-22-19-8-4-2-6-17(19)18-7-3-5-9-20(18)22/h2-9,16,21-24H,10-15H2,1H3,(H,28,33)(H,31,32). The first-order valence-corrected chi connectivity index (χ1v) is 12.1. The van der Waals surface area contributed by atoms with Crippen LogP contribution in [0.5, 0.6) is 0 Å². The van der Waals surface area contributed by atoms with Crippen molar-refractivity contribution in [3.8, 4) is 11.1 Å². The van der Waals surface area contributed by atoms with E-state index in [2.05, 4.69) is 29.6 Å². The van der Waals surface area contributed by atoms with Crippen LogP contribution in [0.2, 0.25) is 0 Å². The predicted molar refractivity (Wildman–Crippen MR) is 128 cm³/mol. The fourth-order valence-corrected chi connectivity index (χ4v) is 5.99. The lowest BCUT2D eigenvalue weighted by molar-refractivity contribution is -0.160. The number of carbonyl (C=O) groups excluding carboxylic acids is 2. The first-order valence-electron chi connectivity index (χ1n) is 12.1. The molecule has 6 rings (SSSR count). The molecule has 0 aromatic heterocycles. The van der Waals surface area contributed by atoms with Gasteiger partial charge in [-0.05, 0) is 47.4 Å².